The molecule has 1 N–H and O–H groups in total. The van der Waals surface area contributed by atoms with E-state index in [1.165, 1.54) is 16.3 Å². The van der Waals surface area contributed by atoms with Crippen molar-refractivity contribution in [2.75, 3.05) is 5.75 Å². The van der Waals surface area contributed by atoms with Crippen molar-refractivity contribution in [2.45, 2.75) is 17.4 Å². The summed E-state index contributed by atoms with van der Waals surface area (Å²) in [6.45, 7) is 0. The Bertz CT molecular complexity index is 847. The van der Waals surface area contributed by atoms with Gasteiger partial charge in [0.25, 0.3) is 0 Å². The van der Waals surface area contributed by atoms with Crippen LogP contribution in [-0.2, 0) is 4.79 Å². The van der Waals surface area contributed by atoms with Crippen molar-refractivity contribution in [3.8, 4) is 0 Å². The fourth-order valence-electron chi connectivity index (χ4n) is 2.37. The predicted molar refractivity (Wildman–Crippen MR) is 75.9 cm³/mol. The van der Waals surface area contributed by atoms with E-state index < -0.39 is 23.1 Å². The van der Waals surface area contributed by atoms with E-state index in [0.717, 1.165) is 9.37 Å². The van der Waals surface area contributed by atoms with E-state index in [9.17, 15) is 19.5 Å². The molecule has 0 spiro atoms. The molecular weight excluding hydrogens is 371 g/mol. The summed E-state index contributed by atoms with van der Waals surface area (Å²) in [5.74, 6) is -0.827. The molecule has 9 heteroatoms. The quantitative estimate of drug-likeness (QED) is 0.451. The minimum absolute atomic E-state index is 0. The van der Waals surface area contributed by atoms with Gasteiger partial charge in [-0.1, -0.05) is 15.9 Å². The summed E-state index contributed by atoms with van der Waals surface area (Å²) in [5, 5.41) is 10.8. The Labute approximate surface area is 153 Å². The fourth-order valence-corrected chi connectivity index (χ4v) is 4.17. The van der Waals surface area contributed by atoms with E-state index in [0.29, 0.717) is 16.8 Å². The molecule has 0 saturated heterocycles. The normalized spacial score (nSPS) is 16.5. The van der Waals surface area contributed by atoms with Crippen LogP contribution in [0.2, 0.25) is 0 Å². The van der Waals surface area contributed by atoms with Crippen LogP contribution in [-0.4, -0.2) is 21.3 Å². The molecule has 21 heavy (non-hydrogen) atoms. The second-order valence-electron chi connectivity index (χ2n) is 4.47. The van der Waals surface area contributed by atoms with E-state index in [-0.39, 0.29) is 36.0 Å². The van der Waals surface area contributed by atoms with Gasteiger partial charge >= 0.3 is 40.7 Å². The number of hydrogen-bond acceptors (Lipinski definition) is 5. The number of benzene rings is 1. The Hall–Kier alpha value is -0.540. The number of H-pyrrole nitrogens is 1. The summed E-state index contributed by atoms with van der Waals surface area (Å²) in [6.07, 6.45) is -0.291. The van der Waals surface area contributed by atoms with Gasteiger partial charge in [0.15, 0.2) is 0 Å². The molecule has 0 unspecified atom stereocenters. The first-order valence-electron chi connectivity index (χ1n) is 5.78. The number of rotatable bonds is 2. The van der Waals surface area contributed by atoms with Crippen LogP contribution >= 0.6 is 27.7 Å². The van der Waals surface area contributed by atoms with E-state index in [1.807, 2.05) is 6.07 Å². The van der Waals surface area contributed by atoms with Crippen molar-refractivity contribution in [2.24, 2.45) is 0 Å². The van der Waals surface area contributed by atoms with Crippen molar-refractivity contribution in [3.05, 3.63) is 37.3 Å². The van der Waals surface area contributed by atoms with E-state index in [2.05, 4.69) is 20.9 Å². The number of carbonyl (C=O) groups excluding carboxylic acids is 1. The third-order valence-electron chi connectivity index (χ3n) is 3.14. The average Bonchev–Trinajstić information content (AvgIpc) is 2.36. The number of nitrogens with one attached hydrogen (secondary N) is 1. The van der Waals surface area contributed by atoms with Gasteiger partial charge in [-0.2, -0.15) is 0 Å². The van der Waals surface area contributed by atoms with E-state index >= 15 is 0 Å². The van der Waals surface area contributed by atoms with Crippen molar-refractivity contribution in [1.29, 1.82) is 0 Å². The number of hydrogen-bond donors (Lipinski definition) is 1. The molecule has 0 amide bonds. The molecule has 6 nitrogen and oxygen atoms in total. The first-order chi connectivity index (χ1) is 9.47. The van der Waals surface area contributed by atoms with Crippen LogP contribution in [0.15, 0.2) is 31.1 Å². The number of aromatic amines is 1. The Kier molecular flexibility index (Phi) is 5.04. The Morgan fingerprint density at radius 1 is 1.48 bits per heavy atom. The molecular formula is C12H8BrN2NaO4S. The summed E-state index contributed by atoms with van der Waals surface area (Å²) >= 11 is 4.80. The molecule has 0 fully saturated rings. The summed E-state index contributed by atoms with van der Waals surface area (Å²) in [6, 6.07) is 2.96. The number of aromatic nitrogens is 2. The number of aliphatic carboxylic acids is 1. The summed E-state index contributed by atoms with van der Waals surface area (Å²) in [4.78, 5) is 38.0. The topological polar surface area (TPSA) is 95.0 Å². The third-order valence-corrected chi connectivity index (χ3v) is 4.77. The number of halogens is 1. The number of carboxylic acids is 1. The summed E-state index contributed by atoms with van der Waals surface area (Å²) in [7, 11) is 0. The van der Waals surface area contributed by atoms with Gasteiger partial charge in [-0.15, -0.1) is 11.8 Å². The molecule has 1 aliphatic rings. The van der Waals surface area contributed by atoms with Crippen LogP contribution in [0.5, 0.6) is 0 Å². The minimum Gasteiger partial charge on any atom is -0.550 e. The maximum Gasteiger partial charge on any atom is 1.00 e. The van der Waals surface area contributed by atoms with Crippen LogP contribution in [0.3, 0.4) is 0 Å². The zero-order valence-corrected chi connectivity index (χ0v) is 15.4. The number of carbonyl (C=O) groups is 1. The van der Waals surface area contributed by atoms with Gasteiger partial charge in [-0.25, -0.2) is 0 Å². The monoisotopic (exact) mass is 378 g/mol. The molecule has 3 rings (SSSR count). The molecule has 0 radical (unpaired) electrons. The molecule has 104 valence electrons. The maximum atomic E-state index is 12.1. The van der Waals surface area contributed by atoms with Crippen LogP contribution in [0.4, 0.5) is 0 Å². The second-order valence-corrected chi connectivity index (χ2v) is 6.45. The van der Waals surface area contributed by atoms with E-state index in [4.69, 9.17) is 0 Å². The smallest absolute Gasteiger partial charge is 0.550 e. The summed E-state index contributed by atoms with van der Waals surface area (Å²) < 4.78 is 2.06. The van der Waals surface area contributed by atoms with Gasteiger partial charge in [0.1, 0.15) is 0 Å². The Morgan fingerprint density at radius 2 is 2.19 bits per heavy atom. The Morgan fingerprint density at radius 3 is 2.86 bits per heavy atom. The third kappa shape index (κ3) is 3.00. The zero-order valence-electron chi connectivity index (χ0n) is 11.0. The first kappa shape index (κ1) is 16.8. The molecule has 0 aliphatic carbocycles. The number of carboxylic acid groups (broad SMARTS) is 1. The van der Waals surface area contributed by atoms with Crippen LogP contribution in [0, 0.1) is 0 Å². The average molecular weight is 379 g/mol. The van der Waals surface area contributed by atoms with Gasteiger partial charge in [-0.05, 0) is 12.1 Å². The van der Waals surface area contributed by atoms with Gasteiger partial charge in [0, 0.05) is 27.5 Å². The molecule has 2 heterocycles. The molecule has 1 aliphatic heterocycles. The van der Waals surface area contributed by atoms with Gasteiger partial charge in [0.05, 0.1) is 17.1 Å². The van der Waals surface area contributed by atoms with Crippen LogP contribution < -0.4 is 45.8 Å². The number of nitrogens with zero attached hydrogens (tertiary/aromatic N) is 1. The van der Waals surface area contributed by atoms with Crippen molar-refractivity contribution in [3.63, 3.8) is 0 Å². The maximum absolute atomic E-state index is 12.1. The van der Waals surface area contributed by atoms with Crippen LogP contribution in [0.25, 0.3) is 11.0 Å². The predicted octanol–water partition coefficient (Wildman–Crippen LogP) is -2.76. The standard InChI is InChI=1S/C12H9BrN2O4S.Na/c13-5-1-7-10-8(2-5)20-4-6(3-9(16)17)15(10)12(19)11(18)14-7;/h1-2,6H,3-4H2,(H,14,18)(H,16,17);/q;+1/p-1/t6-;/m1./s1. The molecule has 1 aromatic carbocycles. The SMILES string of the molecule is O=C([O-])C[C@@H]1CSc2cc(Br)cc3[nH]c(=O)c(=O)n1c23.[Na+]. The largest absolute Gasteiger partial charge is 1.00 e. The van der Waals surface area contributed by atoms with Crippen LogP contribution in [0.1, 0.15) is 12.5 Å². The minimum atomic E-state index is -1.24. The molecule has 1 atom stereocenters. The first-order valence-corrected chi connectivity index (χ1v) is 7.56. The molecule has 0 bridgehead atoms. The van der Waals surface area contributed by atoms with Gasteiger partial charge in [-0.3, -0.25) is 14.2 Å². The van der Waals surface area contributed by atoms with Gasteiger partial charge < -0.3 is 14.9 Å². The zero-order chi connectivity index (χ0) is 14.4. The second kappa shape index (κ2) is 6.29. The van der Waals surface area contributed by atoms with Gasteiger partial charge in [0.2, 0.25) is 0 Å². The number of thioether (sulfide) groups is 1. The van der Waals surface area contributed by atoms with Crippen molar-refractivity contribution >= 4 is 44.7 Å². The molecule has 0 saturated carbocycles. The van der Waals surface area contributed by atoms with Crippen molar-refractivity contribution < 1.29 is 39.5 Å². The molecule has 2 aromatic rings. The van der Waals surface area contributed by atoms with E-state index in [1.54, 1.807) is 6.07 Å². The van der Waals surface area contributed by atoms with Crippen molar-refractivity contribution in [1.82, 2.24) is 9.55 Å². The molecule has 1 aromatic heterocycles. The fraction of sp³-hybridized carbons (Fsp3) is 0.250. The Balaban J connectivity index is 0.00000161. The summed E-state index contributed by atoms with van der Waals surface area (Å²) in [5.41, 5.74) is -0.403.